The molecule has 0 aromatic carbocycles. The summed E-state index contributed by atoms with van der Waals surface area (Å²) in [7, 11) is 0. The Morgan fingerprint density at radius 1 is 1.16 bits per heavy atom. The molecule has 1 amide bonds. The summed E-state index contributed by atoms with van der Waals surface area (Å²) in [5.41, 5.74) is 0.156. The number of carbonyl (C=O) groups is 1. The van der Waals surface area contributed by atoms with Crippen LogP contribution in [-0.2, 0) is 4.79 Å². The average Bonchev–Trinajstić information content (AvgIpc) is 2.58. The van der Waals surface area contributed by atoms with Crippen molar-refractivity contribution >= 4 is 5.91 Å². The number of rotatable bonds is 2. The second kappa shape index (κ2) is 5.06. The molecule has 4 heteroatoms. The number of amides is 1. The van der Waals surface area contributed by atoms with Crippen LogP contribution in [0, 0.1) is 5.92 Å². The Kier molecular flexibility index (Phi) is 3.94. The molecule has 2 aliphatic heterocycles. The van der Waals surface area contributed by atoms with Crippen LogP contribution in [0.4, 0.5) is 0 Å². The maximum absolute atomic E-state index is 12.4. The molecule has 4 nitrogen and oxygen atoms in total. The van der Waals surface area contributed by atoms with Crippen molar-refractivity contribution in [3.05, 3.63) is 0 Å². The third-order valence-electron chi connectivity index (χ3n) is 4.35. The predicted molar refractivity (Wildman–Crippen MR) is 78.0 cm³/mol. The Balaban J connectivity index is 1.96. The minimum Gasteiger partial charge on any atom is -0.352 e. The quantitative estimate of drug-likeness (QED) is 0.709. The van der Waals surface area contributed by atoms with Crippen LogP contribution < -0.4 is 16.0 Å². The van der Waals surface area contributed by atoms with E-state index in [-0.39, 0.29) is 29.1 Å². The minimum absolute atomic E-state index is 0.00103. The van der Waals surface area contributed by atoms with Gasteiger partial charge >= 0.3 is 0 Å². The van der Waals surface area contributed by atoms with Crippen molar-refractivity contribution in [3.8, 4) is 0 Å². The fraction of sp³-hybridized carbons (Fsp3) is 0.933. The van der Waals surface area contributed by atoms with E-state index in [1.54, 1.807) is 0 Å². The molecule has 2 rings (SSSR count). The fourth-order valence-corrected chi connectivity index (χ4v) is 3.90. The lowest BCUT2D eigenvalue weighted by molar-refractivity contribution is -0.124. The Bertz CT molecular complexity index is 335. The summed E-state index contributed by atoms with van der Waals surface area (Å²) in [6, 6.07) is 0.273. The van der Waals surface area contributed by atoms with Crippen LogP contribution in [0.3, 0.4) is 0 Å². The molecule has 0 saturated carbocycles. The lowest BCUT2D eigenvalue weighted by atomic mass is 9.79. The highest BCUT2D eigenvalue weighted by molar-refractivity contribution is 5.82. The largest absolute Gasteiger partial charge is 0.352 e. The zero-order chi connectivity index (χ0) is 14.3. The van der Waals surface area contributed by atoms with Gasteiger partial charge in [-0.3, -0.25) is 4.79 Å². The fourth-order valence-electron chi connectivity index (χ4n) is 3.90. The summed E-state index contributed by atoms with van der Waals surface area (Å²) in [5.74, 6) is 0.631. The molecule has 0 spiro atoms. The summed E-state index contributed by atoms with van der Waals surface area (Å²) < 4.78 is 0. The molecule has 110 valence electrons. The first-order valence-corrected chi connectivity index (χ1v) is 7.52. The minimum atomic E-state index is 0.00103. The summed E-state index contributed by atoms with van der Waals surface area (Å²) in [6.45, 7) is 12.0. The zero-order valence-corrected chi connectivity index (χ0v) is 13.0. The predicted octanol–water partition coefficient (Wildman–Crippen LogP) is 1.41. The van der Waals surface area contributed by atoms with E-state index < -0.39 is 0 Å². The highest BCUT2D eigenvalue weighted by Gasteiger charge is 2.39. The Labute approximate surface area is 117 Å². The lowest BCUT2D eigenvalue weighted by Crippen LogP contribution is -2.63. The highest BCUT2D eigenvalue weighted by Crippen LogP contribution is 2.28. The number of hydrogen-bond donors (Lipinski definition) is 3. The van der Waals surface area contributed by atoms with Gasteiger partial charge in [-0.05, 0) is 59.4 Å². The van der Waals surface area contributed by atoms with E-state index in [9.17, 15) is 4.79 Å². The summed E-state index contributed by atoms with van der Waals surface area (Å²) in [5, 5.41) is 10.2. The van der Waals surface area contributed by atoms with Gasteiger partial charge in [0.25, 0.3) is 0 Å². The molecular formula is C15H29N3O. The molecule has 2 saturated heterocycles. The van der Waals surface area contributed by atoms with Gasteiger partial charge in [0.15, 0.2) is 0 Å². The number of nitrogens with one attached hydrogen (secondary N) is 3. The summed E-state index contributed by atoms with van der Waals surface area (Å²) in [4.78, 5) is 12.4. The Morgan fingerprint density at radius 2 is 1.74 bits per heavy atom. The molecule has 3 N–H and O–H groups in total. The van der Waals surface area contributed by atoms with Gasteiger partial charge in [0.2, 0.25) is 5.91 Å². The molecule has 0 bridgehead atoms. The van der Waals surface area contributed by atoms with E-state index >= 15 is 0 Å². The van der Waals surface area contributed by atoms with Crippen LogP contribution in [-0.4, -0.2) is 35.6 Å². The topological polar surface area (TPSA) is 53.2 Å². The van der Waals surface area contributed by atoms with E-state index in [1.165, 1.54) is 0 Å². The van der Waals surface area contributed by atoms with E-state index in [0.29, 0.717) is 5.92 Å². The molecule has 2 aliphatic rings. The summed E-state index contributed by atoms with van der Waals surface area (Å²) >= 11 is 0. The van der Waals surface area contributed by atoms with Crippen LogP contribution in [0.25, 0.3) is 0 Å². The van der Waals surface area contributed by atoms with E-state index in [2.05, 4.69) is 50.6 Å². The van der Waals surface area contributed by atoms with Crippen LogP contribution >= 0.6 is 0 Å². The van der Waals surface area contributed by atoms with Gasteiger partial charge in [-0.15, -0.1) is 0 Å². The second-order valence-corrected chi connectivity index (χ2v) is 7.70. The van der Waals surface area contributed by atoms with Crippen molar-refractivity contribution in [2.45, 2.75) is 77.0 Å². The molecule has 19 heavy (non-hydrogen) atoms. The van der Waals surface area contributed by atoms with E-state index in [1.807, 2.05) is 0 Å². The number of piperidine rings is 1. The average molecular weight is 267 g/mol. The molecule has 0 aromatic heterocycles. The standard InChI is InChI=1S/C15H29N3O/c1-10-6-7-16-12(10)13(19)17-11-8-14(2,3)18-15(4,5)9-11/h10-12,16,18H,6-9H2,1-5H3,(H,17,19). The molecule has 0 radical (unpaired) electrons. The van der Waals surface area contributed by atoms with Gasteiger partial charge < -0.3 is 16.0 Å². The molecule has 2 fully saturated rings. The maximum Gasteiger partial charge on any atom is 0.237 e. The van der Waals surface area contributed by atoms with Gasteiger partial charge in [-0.25, -0.2) is 0 Å². The molecular weight excluding hydrogens is 238 g/mol. The smallest absolute Gasteiger partial charge is 0.237 e. The molecule has 0 aromatic rings. The monoisotopic (exact) mass is 267 g/mol. The Hall–Kier alpha value is -0.610. The van der Waals surface area contributed by atoms with Crippen molar-refractivity contribution in [2.75, 3.05) is 6.54 Å². The van der Waals surface area contributed by atoms with Crippen molar-refractivity contribution in [2.24, 2.45) is 5.92 Å². The zero-order valence-electron chi connectivity index (χ0n) is 13.0. The molecule has 2 atom stereocenters. The normalized spacial score (nSPS) is 34.2. The third-order valence-corrected chi connectivity index (χ3v) is 4.35. The first kappa shape index (κ1) is 14.8. The number of carbonyl (C=O) groups excluding carboxylic acids is 1. The van der Waals surface area contributed by atoms with E-state index in [0.717, 1.165) is 25.8 Å². The molecule has 2 heterocycles. The maximum atomic E-state index is 12.4. The Morgan fingerprint density at radius 3 is 2.21 bits per heavy atom. The van der Waals surface area contributed by atoms with Gasteiger partial charge in [-0.1, -0.05) is 6.92 Å². The van der Waals surface area contributed by atoms with Crippen molar-refractivity contribution in [1.82, 2.24) is 16.0 Å². The van der Waals surface area contributed by atoms with Crippen molar-refractivity contribution in [3.63, 3.8) is 0 Å². The molecule has 2 unspecified atom stereocenters. The number of hydrogen-bond acceptors (Lipinski definition) is 3. The summed E-state index contributed by atoms with van der Waals surface area (Å²) in [6.07, 6.45) is 3.08. The third kappa shape index (κ3) is 3.69. The van der Waals surface area contributed by atoms with Crippen molar-refractivity contribution in [1.29, 1.82) is 0 Å². The van der Waals surface area contributed by atoms with Gasteiger partial charge in [-0.2, -0.15) is 0 Å². The van der Waals surface area contributed by atoms with Crippen LogP contribution in [0.1, 0.15) is 53.9 Å². The lowest BCUT2D eigenvalue weighted by Gasteiger charge is -2.46. The van der Waals surface area contributed by atoms with Crippen LogP contribution in [0.2, 0.25) is 0 Å². The first-order valence-electron chi connectivity index (χ1n) is 7.52. The van der Waals surface area contributed by atoms with Crippen LogP contribution in [0.15, 0.2) is 0 Å². The van der Waals surface area contributed by atoms with E-state index in [4.69, 9.17) is 0 Å². The second-order valence-electron chi connectivity index (χ2n) is 7.70. The van der Waals surface area contributed by atoms with Gasteiger partial charge in [0.1, 0.15) is 0 Å². The highest BCUT2D eigenvalue weighted by atomic mass is 16.2. The van der Waals surface area contributed by atoms with Crippen LogP contribution in [0.5, 0.6) is 0 Å². The SMILES string of the molecule is CC1CCNC1C(=O)NC1CC(C)(C)NC(C)(C)C1. The van der Waals surface area contributed by atoms with Gasteiger partial charge in [0, 0.05) is 17.1 Å². The first-order chi connectivity index (χ1) is 8.69. The molecule has 0 aliphatic carbocycles. The van der Waals surface area contributed by atoms with Crippen molar-refractivity contribution < 1.29 is 4.79 Å². The van der Waals surface area contributed by atoms with Gasteiger partial charge in [0.05, 0.1) is 6.04 Å².